The number of halogens is 2. The fraction of sp³-hybridized carbons (Fsp3) is 0.176. The monoisotopic (exact) mass is 344 g/mol. The van der Waals surface area contributed by atoms with Crippen molar-refractivity contribution in [2.45, 2.75) is 19.5 Å². The van der Waals surface area contributed by atoms with Gasteiger partial charge in [-0.15, -0.1) is 0 Å². The Bertz CT molecular complexity index is 723. The van der Waals surface area contributed by atoms with Crippen LogP contribution in [0.1, 0.15) is 23.1 Å². The molecule has 0 aliphatic carbocycles. The average molecular weight is 344 g/mol. The van der Waals surface area contributed by atoms with E-state index in [9.17, 15) is 8.78 Å². The Balaban J connectivity index is 0.000000236. The van der Waals surface area contributed by atoms with E-state index in [1.807, 2.05) is 24.3 Å². The van der Waals surface area contributed by atoms with E-state index in [4.69, 9.17) is 5.73 Å². The summed E-state index contributed by atoms with van der Waals surface area (Å²) in [6.07, 6.45) is 6.53. The molecule has 3 heterocycles. The zero-order chi connectivity index (χ0) is 17.9. The lowest BCUT2D eigenvalue weighted by atomic mass is 10.3. The van der Waals surface area contributed by atoms with Crippen LogP contribution < -0.4 is 11.1 Å². The van der Waals surface area contributed by atoms with Crippen LogP contribution in [0.15, 0.2) is 61.4 Å². The highest BCUT2D eigenvalue weighted by Crippen LogP contribution is 2.16. The van der Waals surface area contributed by atoms with E-state index in [2.05, 4.69) is 25.3 Å². The molecule has 0 bridgehead atoms. The number of hydrogen-bond donors (Lipinski definition) is 2. The van der Waals surface area contributed by atoms with Gasteiger partial charge in [-0.25, -0.2) is 18.7 Å². The third kappa shape index (κ3) is 6.56. The molecule has 3 aromatic rings. The Morgan fingerprint density at radius 1 is 0.880 bits per heavy atom. The summed E-state index contributed by atoms with van der Waals surface area (Å²) in [7, 11) is 0. The molecule has 0 fully saturated rings. The maximum atomic E-state index is 12.2. The Kier molecular flexibility index (Phi) is 7.33. The van der Waals surface area contributed by atoms with Crippen LogP contribution in [0, 0.1) is 0 Å². The standard InChI is InChI=1S/C11H10F2N4.C6H8N2/c12-10(13)9-6-16-11(17-7-9)15-5-8-1-3-14-4-2-8;7-5-6-1-3-8-4-2-6/h1-4,6-7,10H,5H2,(H,15,16,17);1-4H,5,7H2. The maximum absolute atomic E-state index is 12.2. The van der Waals surface area contributed by atoms with Crippen molar-refractivity contribution in [3.8, 4) is 0 Å². The normalized spacial score (nSPS) is 10.1. The summed E-state index contributed by atoms with van der Waals surface area (Å²) < 4.78 is 24.5. The lowest BCUT2D eigenvalue weighted by Crippen LogP contribution is -2.03. The maximum Gasteiger partial charge on any atom is 0.266 e. The smallest absolute Gasteiger partial charge is 0.266 e. The summed E-state index contributed by atoms with van der Waals surface area (Å²) >= 11 is 0. The summed E-state index contributed by atoms with van der Waals surface area (Å²) in [6.45, 7) is 1.12. The van der Waals surface area contributed by atoms with Crippen molar-refractivity contribution in [3.63, 3.8) is 0 Å². The fourth-order valence-electron chi connectivity index (χ4n) is 1.74. The molecule has 25 heavy (non-hydrogen) atoms. The van der Waals surface area contributed by atoms with Crippen LogP contribution >= 0.6 is 0 Å². The van der Waals surface area contributed by atoms with Gasteiger partial charge in [-0.05, 0) is 35.4 Å². The minimum absolute atomic E-state index is 0.181. The lowest BCUT2D eigenvalue weighted by Gasteiger charge is -2.05. The molecule has 0 spiro atoms. The van der Waals surface area contributed by atoms with Gasteiger partial charge in [0.15, 0.2) is 0 Å². The first-order valence-corrected chi connectivity index (χ1v) is 7.51. The molecule has 3 aromatic heterocycles. The molecule has 0 unspecified atom stereocenters. The molecule has 0 aliphatic heterocycles. The summed E-state index contributed by atoms with van der Waals surface area (Å²) in [4.78, 5) is 15.3. The van der Waals surface area contributed by atoms with Crippen LogP contribution in [0.3, 0.4) is 0 Å². The van der Waals surface area contributed by atoms with Gasteiger partial charge in [0.1, 0.15) is 0 Å². The van der Waals surface area contributed by atoms with Crippen LogP contribution in [0.2, 0.25) is 0 Å². The molecule has 3 rings (SSSR count). The second-order valence-electron chi connectivity index (χ2n) is 4.91. The highest BCUT2D eigenvalue weighted by Gasteiger charge is 2.07. The van der Waals surface area contributed by atoms with Crippen LogP contribution in [-0.4, -0.2) is 19.9 Å². The summed E-state index contributed by atoms with van der Waals surface area (Å²) in [6, 6.07) is 7.50. The van der Waals surface area contributed by atoms with E-state index < -0.39 is 6.43 Å². The van der Waals surface area contributed by atoms with E-state index in [1.54, 1.807) is 24.8 Å². The number of nitrogens with two attached hydrogens (primary N) is 1. The number of nitrogens with zero attached hydrogens (tertiary/aromatic N) is 4. The molecule has 0 atom stereocenters. The molecular weight excluding hydrogens is 326 g/mol. The average Bonchev–Trinajstić information content (AvgIpc) is 2.68. The molecule has 0 aliphatic rings. The summed E-state index contributed by atoms with van der Waals surface area (Å²) in [5.74, 6) is 0.325. The predicted molar refractivity (Wildman–Crippen MR) is 90.7 cm³/mol. The SMILES string of the molecule is FC(F)c1cnc(NCc2ccncc2)nc1.NCc1ccncc1. The molecule has 8 heteroatoms. The van der Waals surface area contributed by atoms with Crippen LogP contribution in [0.4, 0.5) is 14.7 Å². The van der Waals surface area contributed by atoms with Crippen molar-refractivity contribution in [1.82, 2.24) is 19.9 Å². The van der Waals surface area contributed by atoms with E-state index in [0.29, 0.717) is 19.0 Å². The van der Waals surface area contributed by atoms with E-state index >= 15 is 0 Å². The van der Waals surface area contributed by atoms with E-state index in [-0.39, 0.29) is 5.56 Å². The molecule has 3 N–H and O–H groups in total. The lowest BCUT2D eigenvalue weighted by molar-refractivity contribution is 0.150. The molecule has 0 radical (unpaired) electrons. The van der Waals surface area contributed by atoms with Gasteiger partial charge in [-0.2, -0.15) is 0 Å². The molecule has 0 saturated heterocycles. The van der Waals surface area contributed by atoms with Gasteiger partial charge in [0.25, 0.3) is 6.43 Å². The Labute approximate surface area is 144 Å². The second kappa shape index (κ2) is 9.99. The van der Waals surface area contributed by atoms with Gasteiger partial charge in [-0.1, -0.05) is 0 Å². The Hall–Kier alpha value is -3.00. The van der Waals surface area contributed by atoms with Crippen molar-refractivity contribution < 1.29 is 8.78 Å². The Morgan fingerprint density at radius 2 is 1.40 bits per heavy atom. The third-order valence-corrected chi connectivity index (χ3v) is 3.11. The first-order valence-electron chi connectivity index (χ1n) is 7.51. The summed E-state index contributed by atoms with van der Waals surface area (Å²) in [5.41, 5.74) is 7.28. The predicted octanol–water partition coefficient (Wildman–Crippen LogP) is 2.96. The quantitative estimate of drug-likeness (QED) is 0.740. The zero-order valence-corrected chi connectivity index (χ0v) is 13.4. The van der Waals surface area contributed by atoms with Crippen molar-refractivity contribution in [2.75, 3.05) is 5.32 Å². The largest absolute Gasteiger partial charge is 0.350 e. The van der Waals surface area contributed by atoms with Gasteiger partial charge >= 0.3 is 0 Å². The molecule has 130 valence electrons. The van der Waals surface area contributed by atoms with Gasteiger partial charge in [-0.3, -0.25) is 9.97 Å². The number of aromatic nitrogens is 4. The van der Waals surface area contributed by atoms with Crippen LogP contribution in [0.25, 0.3) is 0 Å². The number of pyridine rings is 2. The zero-order valence-electron chi connectivity index (χ0n) is 13.4. The molecule has 0 saturated carbocycles. The topological polar surface area (TPSA) is 89.6 Å². The van der Waals surface area contributed by atoms with Crippen molar-refractivity contribution in [1.29, 1.82) is 0 Å². The van der Waals surface area contributed by atoms with Crippen LogP contribution in [0.5, 0.6) is 0 Å². The van der Waals surface area contributed by atoms with Gasteiger partial charge < -0.3 is 11.1 Å². The van der Waals surface area contributed by atoms with Gasteiger partial charge in [0.05, 0.1) is 5.56 Å². The van der Waals surface area contributed by atoms with Crippen LogP contribution in [-0.2, 0) is 13.1 Å². The highest BCUT2D eigenvalue weighted by molar-refractivity contribution is 5.27. The number of nitrogens with one attached hydrogen (secondary N) is 1. The number of alkyl halides is 2. The van der Waals surface area contributed by atoms with E-state index in [0.717, 1.165) is 23.5 Å². The van der Waals surface area contributed by atoms with Gasteiger partial charge in [0.2, 0.25) is 5.95 Å². The van der Waals surface area contributed by atoms with Crippen molar-refractivity contribution in [3.05, 3.63) is 78.1 Å². The fourth-order valence-corrected chi connectivity index (χ4v) is 1.74. The van der Waals surface area contributed by atoms with E-state index in [1.165, 1.54) is 0 Å². The third-order valence-electron chi connectivity index (χ3n) is 3.11. The van der Waals surface area contributed by atoms with Crippen molar-refractivity contribution >= 4 is 5.95 Å². The van der Waals surface area contributed by atoms with Crippen molar-refractivity contribution in [2.24, 2.45) is 5.73 Å². The molecular formula is C17H18F2N6. The second-order valence-corrected chi connectivity index (χ2v) is 4.91. The molecule has 0 amide bonds. The summed E-state index contributed by atoms with van der Waals surface area (Å²) in [5, 5.41) is 2.93. The molecule has 0 aromatic carbocycles. The van der Waals surface area contributed by atoms with Gasteiger partial charge in [0, 0.05) is 50.3 Å². The Morgan fingerprint density at radius 3 is 1.84 bits per heavy atom. The number of rotatable bonds is 5. The minimum Gasteiger partial charge on any atom is -0.350 e. The highest BCUT2D eigenvalue weighted by atomic mass is 19.3. The minimum atomic E-state index is -2.54. The molecule has 6 nitrogen and oxygen atoms in total. The number of anilines is 1. The number of hydrogen-bond acceptors (Lipinski definition) is 6. The first kappa shape index (κ1) is 18.3. The first-order chi connectivity index (χ1) is 12.2.